The van der Waals surface area contributed by atoms with Crippen LogP contribution in [0.5, 0.6) is 0 Å². The van der Waals surface area contributed by atoms with Gasteiger partial charge in [-0.15, -0.1) is 0 Å². The van der Waals surface area contributed by atoms with E-state index in [1.807, 2.05) is 0 Å². The summed E-state index contributed by atoms with van der Waals surface area (Å²) in [6.45, 7) is 5.96. The van der Waals surface area contributed by atoms with E-state index in [9.17, 15) is 9.59 Å². The van der Waals surface area contributed by atoms with E-state index in [0.29, 0.717) is 17.9 Å². The molecule has 0 fully saturated rings. The average molecular weight is 223 g/mol. The van der Waals surface area contributed by atoms with Crippen LogP contribution in [-0.4, -0.2) is 21.4 Å². The first-order valence-electron chi connectivity index (χ1n) is 5.43. The summed E-state index contributed by atoms with van der Waals surface area (Å²) in [5, 5.41) is 8.99. The molecule has 0 aliphatic rings. The number of ketones is 1. The number of carbonyl (C=O) groups is 2. The van der Waals surface area contributed by atoms with Crippen molar-refractivity contribution >= 4 is 11.8 Å². The Morgan fingerprint density at radius 2 is 2.06 bits per heavy atom. The van der Waals surface area contributed by atoms with Gasteiger partial charge in [0.2, 0.25) is 0 Å². The van der Waals surface area contributed by atoms with E-state index in [1.54, 1.807) is 11.5 Å². The molecule has 4 nitrogen and oxygen atoms in total. The van der Waals surface area contributed by atoms with E-state index in [0.717, 1.165) is 12.8 Å². The van der Waals surface area contributed by atoms with Crippen molar-refractivity contribution in [3.05, 3.63) is 23.0 Å². The van der Waals surface area contributed by atoms with Crippen LogP contribution < -0.4 is 0 Å². The largest absolute Gasteiger partial charge is 0.478 e. The number of aromatic nitrogens is 1. The van der Waals surface area contributed by atoms with Gasteiger partial charge in [0, 0.05) is 19.2 Å². The highest BCUT2D eigenvalue weighted by Crippen LogP contribution is 2.17. The fourth-order valence-corrected chi connectivity index (χ4v) is 1.76. The Kier molecular flexibility index (Phi) is 3.88. The van der Waals surface area contributed by atoms with Crippen molar-refractivity contribution in [2.75, 3.05) is 0 Å². The quantitative estimate of drug-likeness (QED) is 0.780. The third-order valence-electron chi connectivity index (χ3n) is 2.69. The molecular formula is C12H17NO3. The Balaban J connectivity index is 3.20. The predicted octanol–water partition coefficient (Wildman–Crippen LogP) is 2.50. The number of carbonyl (C=O) groups excluding carboxylic acids is 1. The molecule has 0 spiro atoms. The summed E-state index contributed by atoms with van der Waals surface area (Å²) < 4.78 is 1.80. The highest BCUT2D eigenvalue weighted by Gasteiger charge is 2.18. The fourth-order valence-electron chi connectivity index (χ4n) is 1.76. The highest BCUT2D eigenvalue weighted by molar-refractivity contribution is 5.97. The lowest BCUT2D eigenvalue weighted by molar-refractivity contribution is 0.0696. The molecule has 0 bridgehead atoms. The second-order valence-corrected chi connectivity index (χ2v) is 3.90. The summed E-state index contributed by atoms with van der Waals surface area (Å²) in [4.78, 5) is 22.4. The average Bonchev–Trinajstić information content (AvgIpc) is 2.53. The van der Waals surface area contributed by atoms with Crippen LogP contribution in [0.15, 0.2) is 6.07 Å². The second kappa shape index (κ2) is 4.96. The Bertz CT molecular complexity index is 418. The lowest BCUT2D eigenvalue weighted by Crippen LogP contribution is -2.08. The lowest BCUT2D eigenvalue weighted by Gasteiger charge is -2.08. The minimum atomic E-state index is -0.977. The topological polar surface area (TPSA) is 59.3 Å². The SMILES string of the molecule is CCCCn1c(C(C)=O)cc(C(=O)O)c1C. The van der Waals surface area contributed by atoms with Crippen LogP contribution in [0.4, 0.5) is 0 Å². The summed E-state index contributed by atoms with van der Waals surface area (Å²) in [6.07, 6.45) is 1.95. The van der Waals surface area contributed by atoms with Gasteiger partial charge < -0.3 is 9.67 Å². The minimum Gasteiger partial charge on any atom is -0.478 e. The number of hydrogen-bond acceptors (Lipinski definition) is 2. The van der Waals surface area contributed by atoms with Crippen molar-refractivity contribution in [2.45, 2.75) is 40.2 Å². The van der Waals surface area contributed by atoms with Gasteiger partial charge in [0.1, 0.15) is 0 Å². The van der Waals surface area contributed by atoms with E-state index < -0.39 is 5.97 Å². The fraction of sp³-hybridized carbons (Fsp3) is 0.500. The van der Waals surface area contributed by atoms with Crippen LogP contribution in [0.2, 0.25) is 0 Å². The molecule has 1 aromatic rings. The normalized spacial score (nSPS) is 10.4. The van der Waals surface area contributed by atoms with Crippen molar-refractivity contribution in [2.24, 2.45) is 0 Å². The summed E-state index contributed by atoms with van der Waals surface area (Å²) in [5.74, 6) is -1.07. The van der Waals surface area contributed by atoms with Crippen molar-refractivity contribution in [1.82, 2.24) is 4.57 Å². The first kappa shape index (κ1) is 12.5. The molecule has 1 heterocycles. The van der Waals surface area contributed by atoms with Crippen LogP contribution in [0.3, 0.4) is 0 Å². The first-order valence-corrected chi connectivity index (χ1v) is 5.43. The van der Waals surface area contributed by atoms with Crippen molar-refractivity contribution in [1.29, 1.82) is 0 Å². The van der Waals surface area contributed by atoms with Crippen molar-refractivity contribution in [3.63, 3.8) is 0 Å². The molecule has 0 atom stereocenters. The number of aromatic carboxylic acids is 1. The molecule has 1 N–H and O–H groups in total. The molecule has 0 amide bonds. The number of carboxylic acids is 1. The zero-order chi connectivity index (χ0) is 12.3. The number of rotatable bonds is 5. The maximum atomic E-state index is 11.4. The van der Waals surface area contributed by atoms with Gasteiger partial charge in [-0.2, -0.15) is 0 Å². The van der Waals surface area contributed by atoms with Gasteiger partial charge in [-0.05, 0) is 19.4 Å². The molecule has 88 valence electrons. The lowest BCUT2D eigenvalue weighted by atomic mass is 10.2. The van der Waals surface area contributed by atoms with E-state index in [-0.39, 0.29) is 11.3 Å². The van der Waals surface area contributed by atoms with Gasteiger partial charge in [-0.25, -0.2) is 4.79 Å². The monoisotopic (exact) mass is 223 g/mol. The third-order valence-corrected chi connectivity index (χ3v) is 2.69. The number of carboxylic acid groups (broad SMARTS) is 1. The van der Waals surface area contributed by atoms with E-state index >= 15 is 0 Å². The van der Waals surface area contributed by atoms with Crippen LogP contribution in [0.25, 0.3) is 0 Å². The summed E-state index contributed by atoms with van der Waals surface area (Å²) in [7, 11) is 0. The van der Waals surface area contributed by atoms with Crippen LogP contribution >= 0.6 is 0 Å². The number of unbranched alkanes of at least 4 members (excludes halogenated alkanes) is 1. The first-order chi connectivity index (χ1) is 7.49. The predicted molar refractivity (Wildman–Crippen MR) is 61.0 cm³/mol. The molecule has 1 aromatic heterocycles. The Hall–Kier alpha value is -1.58. The van der Waals surface area contributed by atoms with Gasteiger partial charge in [0.05, 0.1) is 11.3 Å². The molecular weight excluding hydrogens is 206 g/mol. The van der Waals surface area contributed by atoms with Crippen LogP contribution in [0.1, 0.15) is 53.2 Å². The Morgan fingerprint density at radius 3 is 2.50 bits per heavy atom. The number of hydrogen-bond donors (Lipinski definition) is 1. The van der Waals surface area contributed by atoms with Crippen LogP contribution in [0, 0.1) is 6.92 Å². The Labute approximate surface area is 94.9 Å². The van der Waals surface area contributed by atoms with Crippen molar-refractivity contribution < 1.29 is 14.7 Å². The van der Waals surface area contributed by atoms with E-state index in [2.05, 4.69) is 6.92 Å². The molecule has 0 aliphatic heterocycles. The smallest absolute Gasteiger partial charge is 0.337 e. The molecule has 4 heteroatoms. The minimum absolute atomic E-state index is 0.0910. The standard InChI is InChI=1S/C12H17NO3/c1-4-5-6-13-8(2)10(12(15)16)7-11(13)9(3)14/h7H,4-6H2,1-3H3,(H,15,16). The van der Waals surface area contributed by atoms with Gasteiger partial charge in [0.25, 0.3) is 0 Å². The maximum absolute atomic E-state index is 11.4. The molecule has 0 unspecified atom stereocenters. The molecule has 0 saturated heterocycles. The second-order valence-electron chi connectivity index (χ2n) is 3.90. The number of Topliss-reactive ketones (excluding diaryl/α,β-unsaturated/α-hetero) is 1. The Morgan fingerprint density at radius 1 is 1.44 bits per heavy atom. The molecule has 0 radical (unpaired) electrons. The third kappa shape index (κ3) is 2.32. The number of nitrogens with zero attached hydrogens (tertiary/aromatic N) is 1. The highest BCUT2D eigenvalue weighted by atomic mass is 16.4. The molecule has 0 aliphatic carbocycles. The zero-order valence-electron chi connectivity index (χ0n) is 9.91. The molecule has 0 saturated carbocycles. The van der Waals surface area contributed by atoms with Gasteiger partial charge in [0.15, 0.2) is 5.78 Å². The molecule has 0 aromatic carbocycles. The van der Waals surface area contributed by atoms with Crippen LogP contribution in [-0.2, 0) is 6.54 Å². The maximum Gasteiger partial charge on any atom is 0.337 e. The summed E-state index contributed by atoms with van der Waals surface area (Å²) in [6, 6.07) is 1.47. The van der Waals surface area contributed by atoms with Gasteiger partial charge in [-0.1, -0.05) is 13.3 Å². The zero-order valence-corrected chi connectivity index (χ0v) is 9.91. The van der Waals surface area contributed by atoms with E-state index in [4.69, 9.17) is 5.11 Å². The van der Waals surface area contributed by atoms with E-state index in [1.165, 1.54) is 13.0 Å². The van der Waals surface area contributed by atoms with Gasteiger partial charge in [-0.3, -0.25) is 4.79 Å². The van der Waals surface area contributed by atoms with Crippen molar-refractivity contribution in [3.8, 4) is 0 Å². The summed E-state index contributed by atoms with van der Waals surface area (Å²) in [5.41, 5.74) is 1.37. The summed E-state index contributed by atoms with van der Waals surface area (Å²) >= 11 is 0. The molecule has 16 heavy (non-hydrogen) atoms. The molecule has 1 rings (SSSR count). The van der Waals surface area contributed by atoms with Gasteiger partial charge >= 0.3 is 5.97 Å².